The second-order valence-corrected chi connectivity index (χ2v) is 7.81. The Labute approximate surface area is 178 Å². The van der Waals surface area contributed by atoms with E-state index in [0.29, 0.717) is 35.5 Å². The number of carbonyl (C=O) groups is 4. The molecule has 0 atom stereocenters. The Hall–Kier alpha value is -2.89. The number of thioether (sulfide) groups is 1. The lowest BCUT2D eigenvalue weighted by Crippen LogP contribution is -2.39. The lowest BCUT2D eigenvalue weighted by atomic mass is 10.00. The van der Waals surface area contributed by atoms with Crippen molar-refractivity contribution in [2.45, 2.75) is 19.0 Å². The van der Waals surface area contributed by atoms with Gasteiger partial charge in [0.15, 0.2) is 0 Å². The van der Waals surface area contributed by atoms with E-state index >= 15 is 0 Å². The Morgan fingerprint density at radius 3 is 2.39 bits per heavy atom. The van der Waals surface area contributed by atoms with Gasteiger partial charge in [-0.3, -0.25) is 24.1 Å². The van der Waals surface area contributed by atoms with Crippen molar-refractivity contribution < 1.29 is 36.7 Å². The summed E-state index contributed by atoms with van der Waals surface area (Å²) < 4.78 is 53.1. The number of amides is 4. The van der Waals surface area contributed by atoms with Crippen LogP contribution >= 0.6 is 11.8 Å². The highest BCUT2D eigenvalue weighted by Gasteiger charge is 2.40. The maximum absolute atomic E-state index is 13.5. The zero-order chi connectivity index (χ0) is 22.9. The summed E-state index contributed by atoms with van der Waals surface area (Å²) in [5.41, 5.74) is -1.41. The second-order valence-electron chi connectivity index (χ2n) is 6.84. The molecule has 4 amide bonds. The van der Waals surface area contributed by atoms with Crippen LogP contribution in [0.1, 0.15) is 28.8 Å². The summed E-state index contributed by atoms with van der Waals surface area (Å²) in [5.74, 6) is -3.04. The fourth-order valence-electron chi connectivity index (χ4n) is 3.29. The molecule has 0 aromatic heterocycles. The average Bonchev–Trinajstić information content (AvgIpc) is 3.00. The standard InChI is InChI=1S/C19H17F4N3O4S/c1-24-14(27)9-26-17(29)15(31-18(26)30)10-4-6-25(7-5-10)16(28)12-8-11(20)2-3-13(12)19(21,22)23/h2-3,8H,4-7,9H2,1H3,(H,24,27). The molecule has 12 heteroatoms. The van der Waals surface area contributed by atoms with Crippen molar-refractivity contribution in [3.63, 3.8) is 0 Å². The van der Waals surface area contributed by atoms with Crippen LogP contribution in [0.4, 0.5) is 22.4 Å². The van der Waals surface area contributed by atoms with Gasteiger partial charge in [-0.25, -0.2) is 4.39 Å². The number of likely N-dealkylation sites (tertiary alicyclic amines) is 1. The molecule has 0 saturated carbocycles. The van der Waals surface area contributed by atoms with E-state index in [4.69, 9.17) is 0 Å². The van der Waals surface area contributed by atoms with Crippen LogP contribution in [0.2, 0.25) is 0 Å². The number of likely N-dealkylation sites (N-methyl/N-ethyl adjacent to an activating group) is 1. The van der Waals surface area contributed by atoms with Gasteiger partial charge in [0.05, 0.1) is 16.0 Å². The van der Waals surface area contributed by atoms with Crippen LogP contribution in [0.15, 0.2) is 28.7 Å². The molecule has 31 heavy (non-hydrogen) atoms. The highest BCUT2D eigenvalue weighted by Crippen LogP contribution is 2.37. The van der Waals surface area contributed by atoms with Gasteiger partial charge >= 0.3 is 6.18 Å². The number of imide groups is 1. The van der Waals surface area contributed by atoms with Crippen molar-refractivity contribution >= 4 is 34.7 Å². The van der Waals surface area contributed by atoms with Crippen molar-refractivity contribution in [3.05, 3.63) is 45.6 Å². The average molecular weight is 459 g/mol. The molecular formula is C19H17F4N3O4S. The fourth-order valence-corrected chi connectivity index (χ4v) is 4.27. The Kier molecular flexibility index (Phi) is 6.39. The molecule has 0 aliphatic carbocycles. The minimum atomic E-state index is -4.82. The van der Waals surface area contributed by atoms with Crippen molar-refractivity contribution in [1.82, 2.24) is 15.1 Å². The Morgan fingerprint density at radius 1 is 1.16 bits per heavy atom. The van der Waals surface area contributed by atoms with Gasteiger partial charge in [-0.15, -0.1) is 0 Å². The van der Waals surface area contributed by atoms with Crippen molar-refractivity contribution in [3.8, 4) is 0 Å². The van der Waals surface area contributed by atoms with Gasteiger partial charge in [-0.1, -0.05) is 0 Å². The number of nitrogens with zero attached hydrogens (tertiary/aromatic N) is 2. The van der Waals surface area contributed by atoms with Gasteiger partial charge in [-0.2, -0.15) is 13.2 Å². The third-order valence-corrected chi connectivity index (χ3v) is 5.98. The van der Waals surface area contributed by atoms with Gasteiger partial charge in [0.1, 0.15) is 12.4 Å². The molecule has 166 valence electrons. The molecule has 3 rings (SSSR count). The van der Waals surface area contributed by atoms with Crippen LogP contribution in [0.5, 0.6) is 0 Å². The first kappa shape index (κ1) is 22.8. The maximum atomic E-state index is 13.5. The lowest BCUT2D eigenvalue weighted by Gasteiger charge is -2.30. The summed E-state index contributed by atoms with van der Waals surface area (Å²) in [6.07, 6.45) is -4.49. The van der Waals surface area contributed by atoms with Crippen LogP contribution in [0.3, 0.4) is 0 Å². The molecule has 1 aromatic rings. The second kappa shape index (κ2) is 8.69. The molecule has 2 aliphatic rings. The molecule has 2 fully saturated rings. The highest BCUT2D eigenvalue weighted by atomic mass is 32.2. The monoisotopic (exact) mass is 459 g/mol. The summed E-state index contributed by atoms with van der Waals surface area (Å²) in [7, 11) is 1.37. The minimum absolute atomic E-state index is 0.00293. The maximum Gasteiger partial charge on any atom is 0.417 e. The molecule has 0 radical (unpaired) electrons. The van der Waals surface area contributed by atoms with Gasteiger partial charge in [0, 0.05) is 20.1 Å². The molecule has 1 aromatic carbocycles. The summed E-state index contributed by atoms with van der Waals surface area (Å²) in [5, 5.41) is 1.73. The van der Waals surface area contributed by atoms with E-state index in [1.807, 2.05) is 0 Å². The van der Waals surface area contributed by atoms with Crippen LogP contribution < -0.4 is 5.32 Å². The third-order valence-electron chi connectivity index (χ3n) is 4.92. The van der Waals surface area contributed by atoms with Crippen LogP contribution in [0, 0.1) is 5.82 Å². The summed E-state index contributed by atoms with van der Waals surface area (Å²) in [4.78, 5) is 50.8. The summed E-state index contributed by atoms with van der Waals surface area (Å²) >= 11 is 0.690. The zero-order valence-corrected chi connectivity index (χ0v) is 17.0. The number of piperidine rings is 1. The number of hydrogen-bond acceptors (Lipinski definition) is 5. The Bertz CT molecular complexity index is 983. The molecule has 2 heterocycles. The van der Waals surface area contributed by atoms with Gasteiger partial charge in [0.2, 0.25) is 5.91 Å². The topological polar surface area (TPSA) is 86.8 Å². The number of nitrogens with one attached hydrogen (secondary N) is 1. The molecule has 2 aliphatic heterocycles. The van der Waals surface area contributed by atoms with Crippen LogP contribution in [0.25, 0.3) is 0 Å². The van der Waals surface area contributed by atoms with Crippen molar-refractivity contribution in [2.75, 3.05) is 26.7 Å². The quantitative estimate of drug-likeness (QED) is 0.555. The highest BCUT2D eigenvalue weighted by molar-refractivity contribution is 8.18. The van der Waals surface area contributed by atoms with Crippen molar-refractivity contribution in [2.24, 2.45) is 0 Å². The van der Waals surface area contributed by atoms with E-state index in [1.54, 1.807) is 0 Å². The number of halogens is 4. The fraction of sp³-hybridized carbons (Fsp3) is 0.368. The van der Waals surface area contributed by atoms with Gasteiger partial charge in [-0.05, 0) is 48.4 Å². The molecule has 0 unspecified atom stereocenters. The predicted molar refractivity (Wildman–Crippen MR) is 102 cm³/mol. The largest absolute Gasteiger partial charge is 0.417 e. The molecule has 2 saturated heterocycles. The van der Waals surface area contributed by atoms with Crippen molar-refractivity contribution in [1.29, 1.82) is 0 Å². The van der Waals surface area contributed by atoms with E-state index in [9.17, 15) is 36.7 Å². The molecule has 0 spiro atoms. The Balaban J connectivity index is 1.75. The van der Waals surface area contributed by atoms with E-state index in [-0.39, 0.29) is 30.8 Å². The molecule has 7 nitrogen and oxygen atoms in total. The van der Waals surface area contributed by atoms with Crippen LogP contribution in [-0.4, -0.2) is 59.4 Å². The smallest absolute Gasteiger partial charge is 0.358 e. The molecular weight excluding hydrogens is 442 g/mol. The first-order valence-corrected chi connectivity index (χ1v) is 9.97. The summed E-state index contributed by atoms with van der Waals surface area (Å²) in [6, 6.07) is 1.73. The van der Waals surface area contributed by atoms with E-state index in [2.05, 4.69) is 5.32 Å². The first-order valence-electron chi connectivity index (χ1n) is 9.15. The lowest BCUT2D eigenvalue weighted by molar-refractivity contribution is -0.138. The predicted octanol–water partition coefficient (Wildman–Crippen LogP) is 2.78. The van der Waals surface area contributed by atoms with Crippen LogP contribution in [-0.2, 0) is 15.8 Å². The summed E-state index contributed by atoms with van der Waals surface area (Å²) in [6.45, 7) is -0.408. The zero-order valence-electron chi connectivity index (χ0n) is 16.2. The number of alkyl halides is 3. The number of carbonyl (C=O) groups excluding carboxylic acids is 4. The first-order chi connectivity index (χ1) is 14.5. The van der Waals surface area contributed by atoms with E-state index < -0.39 is 52.6 Å². The van der Waals surface area contributed by atoms with Gasteiger partial charge in [0.25, 0.3) is 17.1 Å². The van der Waals surface area contributed by atoms with E-state index in [0.717, 1.165) is 9.80 Å². The Morgan fingerprint density at radius 2 is 1.81 bits per heavy atom. The number of benzene rings is 1. The minimum Gasteiger partial charge on any atom is -0.358 e. The molecule has 0 bridgehead atoms. The van der Waals surface area contributed by atoms with E-state index in [1.165, 1.54) is 7.05 Å². The van der Waals surface area contributed by atoms with Gasteiger partial charge < -0.3 is 10.2 Å². The normalized spacial score (nSPS) is 17.5. The molecule has 1 N–H and O–H groups in total. The number of rotatable bonds is 3. The number of hydrogen-bond donors (Lipinski definition) is 1. The third kappa shape index (κ3) is 4.73. The SMILES string of the molecule is CNC(=O)CN1C(=O)SC(=C2CCN(C(=O)c3cc(F)ccc3C(F)(F)F)CC2)C1=O.